The Labute approximate surface area is 130 Å². The summed E-state index contributed by atoms with van der Waals surface area (Å²) in [7, 11) is 0. The van der Waals surface area contributed by atoms with Gasteiger partial charge >= 0.3 is 6.03 Å². The number of benzene rings is 1. The lowest BCUT2D eigenvalue weighted by atomic mass is 10.1. The number of hydrogen-bond acceptors (Lipinski definition) is 3. The molecule has 0 radical (unpaired) electrons. The van der Waals surface area contributed by atoms with E-state index in [1.54, 1.807) is 10.9 Å². The first-order chi connectivity index (χ1) is 10.7. The van der Waals surface area contributed by atoms with Gasteiger partial charge in [-0.1, -0.05) is 19.1 Å². The van der Waals surface area contributed by atoms with Gasteiger partial charge in [-0.2, -0.15) is 5.10 Å². The summed E-state index contributed by atoms with van der Waals surface area (Å²) in [6.07, 6.45) is 4.96. The normalized spacial score (nSPS) is 11.9. The van der Waals surface area contributed by atoms with Gasteiger partial charge in [-0.25, -0.2) is 9.48 Å². The minimum Gasteiger partial charge on any atom is -0.396 e. The summed E-state index contributed by atoms with van der Waals surface area (Å²) in [5.74, 6) is 0. The quantitative estimate of drug-likeness (QED) is 0.730. The first-order valence-electron chi connectivity index (χ1n) is 7.47. The summed E-state index contributed by atoms with van der Waals surface area (Å²) < 4.78 is 1.78. The van der Waals surface area contributed by atoms with Gasteiger partial charge in [0.15, 0.2) is 0 Å². The summed E-state index contributed by atoms with van der Waals surface area (Å²) in [6.45, 7) is 2.50. The predicted octanol–water partition coefficient (Wildman–Crippen LogP) is 1.83. The molecule has 1 aromatic carbocycles. The molecule has 1 heterocycles. The predicted molar refractivity (Wildman–Crippen MR) is 84.7 cm³/mol. The van der Waals surface area contributed by atoms with Crippen molar-refractivity contribution >= 4 is 6.03 Å². The third kappa shape index (κ3) is 4.60. The zero-order chi connectivity index (χ0) is 15.8. The molecule has 1 aromatic heterocycles. The molecule has 2 aromatic rings. The van der Waals surface area contributed by atoms with E-state index in [0.29, 0.717) is 13.0 Å². The van der Waals surface area contributed by atoms with Crippen LogP contribution in [0.2, 0.25) is 0 Å². The van der Waals surface area contributed by atoms with Crippen molar-refractivity contribution in [2.45, 2.75) is 32.4 Å². The molecule has 0 saturated carbocycles. The Hall–Kier alpha value is -2.34. The topological polar surface area (TPSA) is 79.2 Å². The van der Waals surface area contributed by atoms with Gasteiger partial charge in [0.2, 0.25) is 0 Å². The number of nitrogens with zero attached hydrogens (tertiary/aromatic N) is 2. The van der Waals surface area contributed by atoms with Crippen LogP contribution in [-0.2, 0) is 6.54 Å². The van der Waals surface area contributed by atoms with E-state index in [1.807, 2.05) is 43.5 Å². The average molecular weight is 302 g/mol. The number of urea groups is 1. The van der Waals surface area contributed by atoms with Crippen molar-refractivity contribution in [3.05, 3.63) is 48.3 Å². The molecule has 0 aliphatic rings. The number of nitrogens with one attached hydrogen (secondary N) is 2. The summed E-state index contributed by atoms with van der Waals surface area (Å²) in [4.78, 5) is 11.9. The Balaban J connectivity index is 1.89. The van der Waals surface area contributed by atoms with Crippen molar-refractivity contribution in [2.24, 2.45) is 0 Å². The molecular formula is C16H22N4O2. The van der Waals surface area contributed by atoms with Crippen LogP contribution >= 0.6 is 0 Å². The van der Waals surface area contributed by atoms with Crippen LogP contribution in [0.1, 0.15) is 25.3 Å². The number of carbonyl (C=O) groups is 1. The van der Waals surface area contributed by atoms with Gasteiger partial charge in [-0.3, -0.25) is 0 Å². The SMILES string of the molecule is CCC(CCO)NC(=O)NCc1cccc(-n2cccn2)c1. The number of rotatable bonds is 7. The highest BCUT2D eigenvalue weighted by Crippen LogP contribution is 2.09. The maximum Gasteiger partial charge on any atom is 0.315 e. The molecule has 2 rings (SSSR count). The van der Waals surface area contributed by atoms with Crippen LogP contribution in [0.15, 0.2) is 42.7 Å². The molecule has 1 atom stereocenters. The number of aliphatic hydroxyl groups excluding tert-OH is 1. The molecule has 1 unspecified atom stereocenters. The van der Waals surface area contributed by atoms with Crippen LogP contribution in [0.25, 0.3) is 5.69 Å². The summed E-state index contributed by atoms with van der Waals surface area (Å²) in [5.41, 5.74) is 1.95. The number of aliphatic hydroxyl groups is 1. The van der Waals surface area contributed by atoms with Crippen LogP contribution in [-0.4, -0.2) is 33.6 Å². The molecule has 0 aliphatic carbocycles. The van der Waals surface area contributed by atoms with Crippen molar-refractivity contribution in [1.82, 2.24) is 20.4 Å². The third-order valence-corrected chi connectivity index (χ3v) is 3.44. The van der Waals surface area contributed by atoms with Crippen LogP contribution < -0.4 is 10.6 Å². The summed E-state index contributed by atoms with van der Waals surface area (Å²) in [5, 5.41) is 18.8. The Morgan fingerprint density at radius 1 is 1.41 bits per heavy atom. The lowest BCUT2D eigenvalue weighted by Gasteiger charge is -2.16. The Morgan fingerprint density at radius 3 is 2.95 bits per heavy atom. The molecule has 0 aliphatic heterocycles. The van der Waals surface area contributed by atoms with Crippen LogP contribution in [0.4, 0.5) is 4.79 Å². The Bertz CT molecular complexity index is 584. The number of aromatic nitrogens is 2. The second-order valence-corrected chi connectivity index (χ2v) is 5.07. The molecule has 6 nitrogen and oxygen atoms in total. The number of hydrogen-bond donors (Lipinski definition) is 3. The van der Waals surface area contributed by atoms with E-state index in [9.17, 15) is 4.79 Å². The van der Waals surface area contributed by atoms with Gasteiger partial charge in [0.25, 0.3) is 0 Å². The Morgan fingerprint density at radius 2 is 2.27 bits per heavy atom. The zero-order valence-electron chi connectivity index (χ0n) is 12.7. The maximum atomic E-state index is 11.9. The first kappa shape index (κ1) is 16.0. The molecule has 0 bridgehead atoms. The largest absolute Gasteiger partial charge is 0.396 e. The average Bonchev–Trinajstić information content (AvgIpc) is 3.07. The smallest absolute Gasteiger partial charge is 0.315 e. The standard InChI is InChI=1S/C16H22N4O2/c1-2-14(7-10-21)19-16(22)17-12-13-5-3-6-15(11-13)20-9-4-8-18-20/h3-6,8-9,11,14,21H,2,7,10,12H2,1H3,(H2,17,19,22). The Kier molecular flexibility index (Phi) is 5.97. The summed E-state index contributed by atoms with van der Waals surface area (Å²) >= 11 is 0. The van der Waals surface area contributed by atoms with E-state index in [4.69, 9.17) is 5.11 Å². The monoisotopic (exact) mass is 302 g/mol. The lowest BCUT2D eigenvalue weighted by Crippen LogP contribution is -2.41. The van der Waals surface area contributed by atoms with Crippen molar-refractivity contribution < 1.29 is 9.90 Å². The number of amides is 2. The zero-order valence-corrected chi connectivity index (χ0v) is 12.7. The second kappa shape index (κ2) is 8.19. The van der Waals surface area contributed by atoms with Crippen molar-refractivity contribution in [3.63, 3.8) is 0 Å². The van der Waals surface area contributed by atoms with Gasteiger partial charge in [0, 0.05) is 31.6 Å². The fraction of sp³-hybridized carbons (Fsp3) is 0.375. The van der Waals surface area contributed by atoms with Crippen molar-refractivity contribution in [3.8, 4) is 5.69 Å². The highest BCUT2D eigenvalue weighted by atomic mass is 16.3. The van der Waals surface area contributed by atoms with Crippen molar-refractivity contribution in [1.29, 1.82) is 0 Å². The van der Waals surface area contributed by atoms with Gasteiger partial charge in [-0.15, -0.1) is 0 Å². The fourth-order valence-corrected chi connectivity index (χ4v) is 2.18. The lowest BCUT2D eigenvalue weighted by molar-refractivity contribution is 0.227. The second-order valence-electron chi connectivity index (χ2n) is 5.07. The molecule has 118 valence electrons. The maximum absolute atomic E-state index is 11.9. The highest BCUT2D eigenvalue weighted by Gasteiger charge is 2.09. The van der Waals surface area contributed by atoms with E-state index < -0.39 is 0 Å². The van der Waals surface area contributed by atoms with Crippen LogP contribution in [0, 0.1) is 0 Å². The fourth-order valence-electron chi connectivity index (χ4n) is 2.18. The molecule has 0 saturated heterocycles. The number of carbonyl (C=O) groups excluding carboxylic acids is 1. The first-order valence-corrected chi connectivity index (χ1v) is 7.47. The van der Waals surface area contributed by atoms with Crippen LogP contribution in [0.3, 0.4) is 0 Å². The minimum atomic E-state index is -0.218. The van der Waals surface area contributed by atoms with Crippen molar-refractivity contribution in [2.75, 3.05) is 6.61 Å². The molecule has 6 heteroatoms. The molecule has 0 spiro atoms. The third-order valence-electron chi connectivity index (χ3n) is 3.44. The molecule has 0 fully saturated rings. The van der Waals surface area contributed by atoms with E-state index in [-0.39, 0.29) is 18.7 Å². The van der Waals surface area contributed by atoms with Gasteiger partial charge in [0.05, 0.1) is 5.69 Å². The molecular weight excluding hydrogens is 280 g/mol. The van der Waals surface area contributed by atoms with E-state index in [1.165, 1.54) is 0 Å². The van der Waals surface area contributed by atoms with E-state index >= 15 is 0 Å². The highest BCUT2D eigenvalue weighted by molar-refractivity contribution is 5.74. The molecule has 22 heavy (non-hydrogen) atoms. The van der Waals surface area contributed by atoms with Crippen LogP contribution in [0.5, 0.6) is 0 Å². The van der Waals surface area contributed by atoms with Gasteiger partial charge in [0.1, 0.15) is 0 Å². The summed E-state index contributed by atoms with van der Waals surface area (Å²) in [6, 6.07) is 9.49. The van der Waals surface area contributed by atoms with E-state index in [2.05, 4.69) is 15.7 Å². The van der Waals surface area contributed by atoms with Gasteiger partial charge < -0.3 is 15.7 Å². The minimum absolute atomic E-state index is 0.000378. The van der Waals surface area contributed by atoms with Gasteiger partial charge in [-0.05, 0) is 36.6 Å². The van der Waals surface area contributed by atoms with E-state index in [0.717, 1.165) is 17.7 Å². The molecule has 2 amide bonds. The molecule has 3 N–H and O–H groups in total.